The van der Waals surface area contributed by atoms with Crippen LogP contribution in [0.1, 0.15) is 17.7 Å². The molecule has 1 aliphatic carbocycles. The van der Waals surface area contributed by atoms with Gasteiger partial charge in [-0.2, -0.15) is 0 Å². The van der Waals surface area contributed by atoms with Crippen LogP contribution in [0.4, 0.5) is 4.39 Å². The Hall–Kier alpha value is -2.47. The van der Waals surface area contributed by atoms with E-state index in [1.165, 1.54) is 29.5 Å². The van der Waals surface area contributed by atoms with Crippen LogP contribution in [0.3, 0.4) is 0 Å². The van der Waals surface area contributed by atoms with Crippen molar-refractivity contribution in [2.75, 3.05) is 13.2 Å². The highest BCUT2D eigenvalue weighted by molar-refractivity contribution is 7.16. The Balaban J connectivity index is 1.47. The van der Waals surface area contributed by atoms with Gasteiger partial charge in [-0.05, 0) is 54.7 Å². The van der Waals surface area contributed by atoms with Gasteiger partial charge in [-0.15, -0.1) is 11.3 Å². The van der Waals surface area contributed by atoms with Gasteiger partial charge in [-0.3, -0.25) is 9.59 Å². The fourth-order valence-electron chi connectivity index (χ4n) is 2.13. The molecule has 1 aromatic carbocycles. The first-order chi connectivity index (χ1) is 12.1. The SMILES string of the molecule is O=C(/C=C/c1ccc(-c2ccc(F)cc2)s1)NCC(=O)OCC1CC1. The number of hydrogen-bond donors (Lipinski definition) is 1. The van der Waals surface area contributed by atoms with Gasteiger partial charge in [0.25, 0.3) is 0 Å². The largest absolute Gasteiger partial charge is 0.464 e. The number of amides is 1. The molecular weight excluding hydrogens is 341 g/mol. The van der Waals surface area contributed by atoms with E-state index < -0.39 is 5.97 Å². The van der Waals surface area contributed by atoms with Crippen molar-refractivity contribution in [1.29, 1.82) is 0 Å². The Bertz CT molecular complexity index is 778. The zero-order valence-corrected chi connectivity index (χ0v) is 14.4. The Morgan fingerprint density at radius 3 is 2.68 bits per heavy atom. The van der Waals surface area contributed by atoms with Crippen molar-refractivity contribution in [3.05, 3.63) is 53.2 Å². The summed E-state index contributed by atoms with van der Waals surface area (Å²) in [5.41, 5.74) is 0.925. The number of benzene rings is 1. The van der Waals surface area contributed by atoms with Crippen LogP contribution in [-0.4, -0.2) is 25.0 Å². The predicted molar refractivity (Wildman–Crippen MR) is 95.4 cm³/mol. The van der Waals surface area contributed by atoms with E-state index in [-0.39, 0.29) is 18.3 Å². The standard InChI is InChI=1S/C19H18FNO3S/c20-15-5-3-14(4-6-15)17-9-7-16(25-17)8-10-18(22)21-11-19(23)24-12-13-1-2-13/h3-10,13H,1-2,11-12H2,(H,21,22)/b10-8+. The van der Waals surface area contributed by atoms with E-state index in [1.54, 1.807) is 18.2 Å². The fraction of sp³-hybridized carbons (Fsp3) is 0.263. The summed E-state index contributed by atoms with van der Waals surface area (Å²) in [5, 5.41) is 2.50. The number of halogens is 1. The molecule has 0 bridgehead atoms. The van der Waals surface area contributed by atoms with Crippen molar-refractivity contribution in [3.8, 4) is 10.4 Å². The minimum absolute atomic E-state index is 0.124. The van der Waals surface area contributed by atoms with Crippen molar-refractivity contribution < 1.29 is 18.7 Å². The topological polar surface area (TPSA) is 55.4 Å². The van der Waals surface area contributed by atoms with Gasteiger partial charge in [0.15, 0.2) is 0 Å². The summed E-state index contributed by atoms with van der Waals surface area (Å²) in [6, 6.07) is 10.1. The molecule has 1 aromatic heterocycles. The molecule has 0 spiro atoms. The van der Waals surface area contributed by atoms with Gasteiger partial charge in [-0.25, -0.2) is 4.39 Å². The van der Waals surface area contributed by atoms with E-state index in [1.807, 2.05) is 12.1 Å². The molecule has 1 N–H and O–H groups in total. The third-order valence-corrected chi connectivity index (χ3v) is 4.84. The predicted octanol–water partition coefficient (Wildman–Crippen LogP) is 3.64. The normalized spacial score (nSPS) is 13.8. The number of esters is 1. The Labute approximate surface area is 149 Å². The number of hydrogen-bond acceptors (Lipinski definition) is 4. The monoisotopic (exact) mass is 359 g/mol. The highest BCUT2D eigenvalue weighted by Crippen LogP contribution is 2.29. The van der Waals surface area contributed by atoms with E-state index in [4.69, 9.17) is 4.74 Å². The lowest BCUT2D eigenvalue weighted by atomic mass is 10.2. The highest BCUT2D eigenvalue weighted by Gasteiger charge is 2.22. The second kappa shape index (κ2) is 8.07. The zero-order valence-electron chi connectivity index (χ0n) is 13.5. The van der Waals surface area contributed by atoms with Crippen LogP contribution in [0.2, 0.25) is 0 Å². The summed E-state index contributed by atoms with van der Waals surface area (Å²) in [6.45, 7) is 0.326. The van der Waals surface area contributed by atoms with E-state index in [2.05, 4.69) is 5.32 Å². The summed E-state index contributed by atoms with van der Waals surface area (Å²) in [4.78, 5) is 25.1. The molecule has 1 amide bonds. The lowest BCUT2D eigenvalue weighted by Crippen LogP contribution is -2.29. The minimum Gasteiger partial charge on any atom is -0.464 e. The molecule has 0 radical (unpaired) electrons. The van der Waals surface area contributed by atoms with Gasteiger partial charge >= 0.3 is 5.97 Å². The Kier molecular flexibility index (Phi) is 5.60. The van der Waals surface area contributed by atoms with Crippen LogP contribution < -0.4 is 5.32 Å². The maximum absolute atomic E-state index is 13.0. The first-order valence-electron chi connectivity index (χ1n) is 8.07. The highest BCUT2D eigenvalue weighted by atomic mass is 32.1. The van der Waals surface area contributed by atoms with E-state index in [0.29, 0.717) is 12.5 Å². The quantitative estimate of drug-likeness (QED) is 0.607. The molecule has 1 saturated carbocycles. The zero-order chi connectivity index (χ0) is 17.6. The molecule has 0 unspecified atom stereocenters. The third-order valence-electron chi connectivity index (χ3n) is 3.74. The minimum atomic E-state index is -0.414. The molecule has 1 aliphatic rings. The molecule has 3 rings (SSSR count). The lowest BCUT2D eigenvalue weighted by molar-refractivity contribution is -0.144. The molecule has 0 atom stereocenters. The molecule has 6 heteroatoms. The van der Waals surface area contributed by atoms with E-state index >= 15 is 0 Å². The molecule has 4 nitrogen and oxygen atoms in total. The summed E-state index contributed by atoms with van der Waals surface area (Å²) in [5.74, 6) is -0.523. The van der Waals surface area contributed by atoms with Gasteiger partial charge in [-0.1, -0.05) is 12.1 Å². The van der Waals surface area contributed by atoms with Gasteiger partial charge in [0, 0.05) is 15.8 Å². The Morgan fingerprint density at radius 1 is 1.20 bits per heavy atom. The molecule has 130 valence electrons. The van der Waals surface area contributed by atoms with Crippen molar-refractivity contribution in [3.63, 3.8) is 0 Å². The van der Waals surface area contributed by atoms with Crippen LogP contribution in [0.25, 0.3) is 16.5 Å². The van der Waals surface area contributed by atoms with Crippen LogP contribution in [-0.2, 0) is 14.3 Å². The first-order valence-corrected chi connectivity index (χ1v) is 8.89. The fourth-order valence-corrected chi connectivity index (χ4v) is 3.05. The van der Waals surface area contributed by atoms with Crippen LogP contribution in [0.15, 0.2) is 42.5 Å². The average Bonchev–Trinajstić information content (AvgIpc) is 3.33. The molecule has 25 heavy (non-hydrogen) atoms. The number of carbonyl (C=O) groups excluding carboxylic acids is 2. The average molecular weight is 359 g/mol. The summed E-state index contributed by atoms with van der Waals surface area (Å²) in [7, 11) is 0. The molecule has 2 aromatic rings. The van der Waals surface area contributed by atoms with Gasteiger partial charge < -0.3 is 10.1 Å². The second-order valence-electron chi connectivity index (χ2n) is 5.89. The maximum atomic E-state index is 13.0. The van der Waals surface area contributed by atoms with E-state index in [0.717, 1.165) is 28.2 Å². The first kappa shape index (κ1) is 17.4. The molecule has 1 fully saturated rings. The number of ether oxygens (including phenoxy) is 1. The molecular formula is C19H18FNO3S. The second-order valence-corrected chi connectivity index (χ2v) is 7.00. The van der Waals surface area contributed by atoms with Crippen molar-refractivity contribution >= 4 is 29.3 Å². The van der Waals surface area contributed by atoms with Crippen molar-refractivity contribution in [2.45, 2.75) is 12.8 Å². The number of carbonyl (C=O) groups is 2. The molecule has 0 saturated heterocycles. The molecule has 0 aliphatic heterocycles. The molecule has 1 heterocycles. The summed E-state index contributed by atoms with van der Waals surface area (Å²) < 4.78 is 18.0. The number of thiophene rings is 1. The van der Waals surface area contributed by atoms with Crippen LogP contribution in [0, 0.1) is 11.7 Å². The smallest absolute Gasteiger partial charge is 0.325 e. The van der Waals surface area contributed by atoms with Crippen LogP contribution in [0.5, 0.6) is 0 Å². The Morgan fingerprint density at radius 2 is 1.96 bits per heavy atom. The summed E-state index contributed by atoms with van der Waals surface area (Å²) >= 11 is 1.50. The number of nitrogens with one attached hydrogen (secondary N) is 1. The van der Waals surface area contributed by atoms with Crippen LogP contribution >= 0.6 is 11.3 Å². The van der Waals surface area contributed by atoms with E-state index in [9.17, 15) is 14.0 Å². The van der Waals surface area contributed by atoms with Gasteiger partial charge in [0.1, 0.15) is 12.4 Å². The maximum Gasteiger partial charge on any atom is 0.325 e. The number of rotatable bonds is 7. The lowest BCUT2D eigenvalue weighted by Gasteiger charge is -2.03. The van der Waals surface area contributed by atoms with Gasteiger partial charge in [0.05, 0.1) is 6.61 Å². The third kappa shape index (κ3) is 5.53. The van der Waals surface area contributed by atoms with Crippen molar-refractivity contribution in [1.82, 2.24) is 5.32 Å². The van der Waals surface area contributed by atoms with Crippen molar-refractivity contribution in [2.24, 2.45) is 5.92 Å². The summed E-state index contributed by atoms with van der Waals surface area (Å²) in [6.07, 6.45) is 5.29. The van der Waals surface area contributed by atoms with Gasteiger partial charge in [0.2, 0.25) is 5.91 Å².